The summed E-state index contributed by atoms with van der Waals surface area (Å²) >= 11 is 0. The number of nitrogen functional groups attached to an aromatic ring is 1. The monoisotopic (exact) mass is 186 g/mol. The third kappa shape index (κ3) is 1.69. The minimum atomic E-state index is 0.600. The molecule has 0 amide bonds. The van der Waals surface area contributed by atoms with Gasteiger partial charge in [0.1, 0.15) is 0 Å². The van der Waals surface area contributed by atoms with Crippen molar-refractivity contribution >= 4 is 11.3 Å². The molecule has 1 aromatic heterocycles. The van der Waals surface area contributed by atoms with Crippen LogP contribution in [0.4, 0.5) is 5.69 Å². The summed E-state index contributed by atoms with van der Waals surface area (Å²) in [5, 5.41) is 0. The van der Waals surface area contributed by atoms with Gasteiger partial charge >= 0.3 is 0 Å². The average Bonchev–Trinajstić information content (AvgIpc) is 2.18. The summed E-state index contributed by atoms with van der Waals surface area (Å²) in [7, 11) is 0. The van der Waals surface area contributed by atoms with Crippen molar-refractivity contribution in [3.05, 3.63) is 42.3 Å². The highest BCUT2D eigenvalue weighted by atomic mass is 14.7. The lowest BCUT2D eigenvalue weighted by Gasteiger charge is -2.15. The SMILES string of the molecule is CC1C=CC=C(c2ccncc2N)C1. The van der Waals surface area contributed by atoms with E-state index in [1.165, 1.54) is 5.57 Å². The topological polar surface area (TPSA) is 38.9 Å². The van der Waals surface area contributed by atoms with E-state index in [1.807, 2.05) is 6.07 Å². The third-order valence-corrected chi connectivity index (χ3v) is 2.48. The van der Waals surface area contributed by atoms with Gasteiger partial charge in [-0.15, -0.1) is 0 Å². The van der Waals surface area contributed by atoms with Gasteiger partial charge in [-0.1, -0.05) is 25.2 Å². The van der Waals surface area contributed by atoms with Gasteiger partial charge < -0.3 is 5.73 Å². The number of hydrogen-bond donors (Lipinski definition) is 1. The van der Waals surface area contributed by atoms with Gasteiger partial charge in [0.05, 0.1) is 11.9 Å². The number of nitrogens with zero attached hydrogens (tertiary/aromatic N) is 1. The van der Waals surface area contributed by atoms with E-state index < -0.39 is 0 Å². The molecule has 0 aliphatic heterocycles. The molecule has 0 fully saturated rings. The first-order valence-corrected chi connectivity index (χ1v) is 4.84. The molecule has 0 radical (unpaired) electrons. The molecule has 2 heteroatoms. The Morgan fingerprint density at radius 1 is 1.50 bits per heavy atom. The molecule has 1 aliphatic rings. The van der Waals surface area contributed by atoms with Crippen LogP contribution in [0.1, 0.15) is 18.9 Å². The van der Waals surface area contributed by atoms with E-state index in [2.05, 4.69) is 30.1 Å². The lowest BCUT2D eigenvalue weighted by atomic mass is 9.91. The van der Waals surface area contributed by atoms with Crippen LogP contribution in [0.2, 0.25) is 0 Å². The Balaban J connectivity index is 2.36. The highest BCUT2D eigenvalue weighted by Gasteiger charge is 2.10. The minimum Gasteiger partial charge on any atom is -0.397 e. The molecule has 2 N–H and O–H groups in total. The maximum Gasteiger partial charge on any atom is 0.0576 e. The quantitative estimate of drug-likeness (QED) is 0.732. The molecular weight excluding hydrogens is 172 g/mol. The first-order chi connectivity index (χ1) is 6.77. The lowest BCUT2D eigenvalue weighted by molar-refractivity contribution is 0.749. The number of rotatable bonds is 1. The fourth-order valence-corrected chi connectivity index (χ4v) is 1.74. The predicted molar refractivity (Wildman–Crippen MR) is 59.5 cm³/mol. The zero-order valence-electron chi connectivity index (χ0n) is 8.27. The largest absolute Gasteiger partial charge is 0.397 e. The highest BCUT2D eigenvalue weighted by molar-refractivity contribution is 5.76. The van der Waals surface area contributed by atoms with Crippen LogP contribution >= 0.6 is 0 Å². The zero-order valence-corrected chi connectivity index (χ0v) is 8.27. The van der Waals surface area contributed by atoms with Gasteiger partial charge in [-0.3, -0.25) is 4.98 Å². The van der Waals surface area contributed by atoms with Crippen molar-refractivity contribution in [2.75, 3.05) is 5.73 Å². The molecule has 14 heavy (non-hydrogen) atoms. The molecule has 0 spiro atoms. The molecule has 0 aromatic carbocycles. The van der Waals surface area contributed by atoms with E-state index in [4.69, 9.17) is 5.73 Å². The van der Waals surface area contributed by atoms with E-state index in [-0.39, 0.29) is 0 Å². The summed E-state index contributed by atoms with van der Waals surface area (Å²) in [4.78, 5) is 3.99. The van der Waals surface area contributed by atoms with Crippen molar-refractivity contribution in [2.45, 2.75) is 13.3 Å². The van der Waals surface area contributed by atoms with E-state index in [1.54, 1.807) is 12.4 Å². The zero-order chi connectivity index (χ0) is 9.97. The molecule has 2 nitrogen and oxygen atoms in total. The Morgan fingerprint density at radius 2 is 2.36 bits per heavy atom. The highest BCUT2D eigenvalue weighted by Crippen LogP contribution is 2.29. The van der Waals surface area contributed by atoms with Crippen LogP contribution in [-0.2, 0) is 0 Å². The molecule has 1 unspecified atom stereocenters. The maximum absolute atomic E-state index is 5.87. The fraction of sp³-hybridized carbons (Fsp3) is 0.250. The summed E-state index contributed by atoms with van der Waals surface area (Å²) in [6.45, 7) is 2.21. The van der Waals surface area contributed by atoms with Crippen LogP contribution in [0.15, 0.2) is 36.7 Å². The van der Waals surface area contributed by atoms with Crippen molar-refractivity contribution in [2.24, 2.45) is 5.92 Å². The standard InChI is InChI=1S/C12H14N2/c1-9-3-2-4-10(7-9)11-5-6-14-8-12(11)13/h2-6,8-9H,7,13H2,1H3. The second-order valence-corrected chi connectivity index (χ2v) is 3.72. The molecule has 0 saturated carbocycles. The van der Waals surface area contributed by atoms with Gasteiger partial charge in [-0.25, -0.2) is 0 Å². The van der Waals surface area contributed by atoms with Gasteiger partial charge in [0.2, 0.25) is 0 Å². The number of aromatic nitrogens is 1. The number of allylic oxidation sites excluding steroid dienone is 4. The van der Waals surface area contributed by atoms with Crippen molar-refractivity contribution in [3.8, 4) is 0 Å². The molecule has 2 rings (SSSR count). The number of pyridine rings is 1. The van der Waals surface area contributed by atoms with E-state index in [9.17, 15) is 0 Å². The summed E-state index contributed by atoms with van der Waals surface area (Å²) in [6.07, 6.45) is 11.0. The number of anilines is 1. The van der Waals surface area contributed by atoms with Crippen molar-refractivity contribution in [3.63, 3.8) is 0 Å². The molecule has 72 valence electrons. The van der Waals surface area contributed by atoms with Crippen LogP contribution in [-0.4, -0.2) is 4.98 Å². The van der Waals surface area contributed by atoms with Crippen molar-refractivity contribution in [1.29, 1.82) is 0 Å². The average molecular weight is 186 g/mol. The van der Waals surface area contributed by atoms with E-state index in [0.717, 1.165) is 17.7 Å². The van der Waals surface area contributed by atoms with Gasteiger partial charge in [-0.05, 0) is 24.0 Å². The molecule has 1 aromatic rings. The molecule has 1 aliphatic carbocycles. The predicted octanol–water partition coefficient (Wildman–Crippen LogP) is 2.64. The second kappa shape index (κ2) is 3.66. The second-order valence-electron chi connectivity index (χ2n) is 3.72. The summed E-state index contributed by atoms with van der Waals surface area (Å²) in [6, 6.07) is 1.98. The number of hydrogen-bond acceptors (Lipinski definition) is 2. The Hall–Kier alpha value is -1.57. The normalized spacial score (nSPS) is 20.6. The number of nitrogens with two attached hydrogens (primary N) is 1. The van der Waals surface area contributed by atoms with E-state index in [0.29, 0.717) is 5.92 Å². The maximum atomic E-state index is 5.87. The van der Waals surface area contributed by atoms with Crippen molar-refractivity contribution < 1.29 is 0 Å². The first kappa shape index (κ1) is 9.00. The van der Waals surface area contributed by atoms with Crippen LogP contribution in [0, 0.1) is 5.92 Å². The lowest BCUT2D eigenvalue weighted by Crippen LogP contribution is -2.00. The third-order valence-electron chi connectivity index (χ3n) is 2.48. The Morgan fingerprint density at radius 3 is 3.07 bits per heavy atom. The Bertz CT molecular complexity index is 391. The smallest absolute Gasteiger partial charge is 0.0576 e. The fourth-order valence-electron chi connectivity index (χ4n) is 1.74. The molecule has 1 heterocycles. The summed E-state index contributed by atoms with van der Waals surface area (Å²) in [5.74, 6) is 0.600. The molecule has 1 atom stereocenters. The van der Waals surface area contributed by atoms with Gasteiger partial charge in [0.15, 0.2) is 0 Å². The summed E-state index contributed by atoms with van der Waals surface area (Å²) in [5.41, 5.74) is 9.06. The van der Waals surface area contributed by atoms with Gasteiger partial charge in [0.25, 0.3) is 0 Å². The van der Waals surface area contributed by atoms with E-state index >= 15 is 0 Å². The van der Waals surface area contributed by atoms with Crippen LogP contribution in [0.5, 0.6) is 0 Å². The minimum absolute atomic E-state index is 0.600. The summed E-state index contributed by atoms with van der Waals surface area (Å²) < 4.78 is 0. The molecular formula is C12H14N2. The van der Waals surface area contributed by atoms with Gasteiger partial charge in [0, 0.05) is 11.8 Å². The Labute approximate surface area is 84.2 Å². The van der Waals surface area contributed by atoms with Crippen LogP contribution in [0.3, 0.4) is 0 Å². The molecule has 0 saturated heterocycles. The van der Waals surface area contributed by atoms with Crippen LogP contribution in [0.25, 0.3) is 5.57 Å². The molecule has 0 bridgehead atoms. The van der Waals surface area contributed by atoms with Crippen molar-refractivity contribution in [1.82, 2.24) is 4.98 Å². The van der Waals surface area contributed by atoms with Gasteiger partial charge in [-0.2, -0.15) is 0 Å². The first-order valence-electron chi connectivity index (χ1n) is 4.84. The Kier molecular flexibility index (Phi) is 2.35. The van der Waals surface area contributed by atoms with Crippen LogP contribution < -0.4 is 5.73 Å².